The molecule has 1 saturated carbocycles. The van der Waals surface area contributed by atoms with E-state index in [1.54, 1.807) is 6.07 Å². The summed E-state index contributed by atoms with van der Waals surface area (Å²) in [6.07, 6.45) is 10.2. The Morgan fingerprint density at radius 1 is 0.942 bits per heavy atom. The number of unbranched alkanes of at least 4 members (excludes halogenated alkanes) is 1. The van der Waals surface area contributed by atoms with Crippen LogP contribution < -0.4 is 5.32 Å². The Bertz CT molecular complexity index is 2040. The Hall–Kier alpha value is -4.72. The summed E-state index contributed by atoms with van der Waals surface area (Å²) >= 11 is 0. The highest BCUT2D eigenvalue weighted by atomic mass is 16.5. The van der Waals surface area contributed by atoms with Gasteiger partial charge in [-0.05, 0) is 133 Å². The highest BCUT2D eigenvalue weighted by Crippen LogP contribution is 2.72. The number of hydrogen-bond acceptors (Lipinski definition) is 7. The van der Waals surface area contributed by atoms with Crippen LogP contribution in [0.15, 0.2) is 113 Å². The van der Waals surface area contributed by atoms with E-state index in [1.165, 1.54) is 0 Å². The van der Waals surface area contributed by atoms with Gasteiger partial charge in [-0.25, -0.2) is 9.59 Å². The summed E-state index contributed by atoms with van der Waals surface area (Å²) in [5, 5.41) is 24.5. The Balaban J connectivity index is 1.36. The highest BCUT2D eigenvalue weighted by Gasteiger charge is 2.68. The van der Waals surface area contributed by atoms with Gasteiger partial charge in [0.15, 0.2) is 0 Å². The van der Waals surface area contributed by atoms with Crippen molar-refractivity contribution in [1.29, 1.82) is 0 Å². The summed E-state index contributed by atoms with van der Waals surface area (Å²) in [6.45, 7) is 2.82. The van der Waals surface area contributed by atoms with Gasteiger partial charge in [0.2, 0.25) is 0 Å². The molecule has 2 fully saturated rings. The third-order valence-electron chi connectivity index (χ3n) is 12.1. The molecule has 3 N–H and O–H groups in total. The van der Waals surface area contributed by atoms with Crippen LogP contribution in [-0.2, 0) is 32.0 Å². The predicted molar refractivity (Wildman–Crippen MR) is 200 cm³/mol. The van der Waals surface area contributed by atoms with Gasteiger partial charge in [-0.1, -0.05) is 67.9 Å². The fourth-order valence-corrected chi connectivity index (χ4v) is 10.1. The number of fused-ring (bicyclic) bond motifs is 1. The second kappa shape index (κ2) is 14.0. The number of esters is 2. The number of aliphatic hydroxyl groups excluding tert-OH is 1. The van der Waals surface area contributed by atoms with Crippen molar-refractivity contribution in [3.05, 3.63) is 130 Å². The Morgan fingerprint density at radius 3 is 2.56 bits per heavy atom. The predicted octanol–water partition coefficient (Wildman–Crippen LogP) is 8.19. The number of hydrogen-bond donors (Lipinski definition) is 3. The molecule has 0 unspecified atom stereocenters. The third-order valence-corrected chi connectivity index (χ3v) is 12.1. The van der Waals surface area contributed by atoms with Gasteiger partial charge in [-0.15, -0.1) is 0 Å². The molecule has 3 aromatic carbocycles. The average Bonchev–Trinajstić information content (AvgIpc) is 3.63. The molecule has 7 heteroatoms. The van der Waals surface area contributed by atoms with Crippen molar-refractivity contribution >= 4 is 17.5 Å². The second-order valence-electron chi connectivity index (χ2n) is 15.1. The Labute approximate surface area is 305 Å². The van der Waals surface area contributed by atoms with Crippen molar-refractivity contribution in [3.63, 3.8) is 0 Å². The quantitative estimate of drug-likeness (QED) is 0.174. The van der Waals surface area contributed by atoms with E-state index >= 15 is 0 Å². The normalized spacial score (nSPS) is 26.8. The van der Waals surface area contributed by atoms with E-state index in [-0.39, 0.29) is 48.0 Å². The number of rotatable bonds is 11. The number of nitrogens with one attached hydrogen (secondary N) is 1. The topological polar surface area (TPSA) is 105 Å². The highest BCUT2D eigenvalue weighted by molar-refractivity contribution is 6.07. The number of carbonyl (C=O) groups excluding carboxylic acids is 2. The van der Waals surface area contributed by atoms with E-state index < -0.39 is 5.41 Å². The number of carbonyl (C=O) groups is 2. The summed E-state index contributed by atoms with van der Waals surface area (Å²) < 4.78 is 12.5. The lowest BCUT2D eigenvalue weighted by atomic mass is 9.44. The van der Waals surface area contributed by atoms with E-state index in [0.717, 1.165) is 71.1 Å². The zero-order chi connectivity index (χ0) is 36.0. The number of aromatic hydroxyl groups is 1. The molecule has 4 aliphatic carbocycles. The summed E-state index contributed by atoms with van der Waals surface area (Å²) in [5.74, 6) is 0.404. The van der Waals surface area contributed by atoms with Gasteiger partial charge in [0.05, 0.1) is 11.0 Å². The summed E-state index contributed by atoms with van der Waals surface area (Å²) in [6, 6.07) is 24.0. The molecule has 3 aromatic rings. The van der Waals surface area contributed by atoms with Gasteiger partial charge in [0, 0.05) is 30.2 Å². The first-order chi connectivity index (χ1) is 25.4. The molecule has 2 bridgehead atoms. The summed E-state index contributed by atoms with van der Waals surface area (Å²) in [5.41, 5.74) is 7.44. The van der Waals surface area contributed by atoms with Gasteiger partial charge >= 0.3 is 11.9 Å². The maximum absolute atomic E-state index is 14.6. The molecular weight excluding hydrogens is 650 g/mol. The number of allylic oxidation sites excluding steroid dienone is 5. The van der Waals surface area contributed by atoms with Gasteiger partial charge in [0.25, 0.3) is 0 Å². The van der Waals surface area contributed by atoms with Crippen LogP contribution in [0.25, 0.3) is 16.7 Å². The standard InChI is InChI=1S/C45H47NO6/c1-3-4-13-37-35-17-16-34-33-18-20-45(41(34)40(35)43(49)51-37)38(24-28(19-21-47)22-27-9-6-5-7-10-27)52-44(50)42(45)39(33)36-25-31(48)14-15-32(36)30-12-8-11-29(23-30)26-46-2/h5-15,23-25,28,33-34,41,46-48H,3-4,16-22,26H2,1-2H3/b37-13-,38-24-/t28-,33-,34+,41-,45-/m1/s1. The lowest BCUT2D eigenvalue weighted by Crippen LogP contribution is -2.52. The van der Waals surface area contributed by atoms with Crippen LogP contribution in [0, 0.1) is 29.1 Å². The first-order valence-corrected chi connectivity index (χ1v) is 18.9. The van der Waals surface area contributed by atoms with Gasteiger partial charge in [-0.2, -0.15) is 0 Å². The first-order valence-electron chi connectivity index (χ1n) is 18.9. The fraction of sp³-hybridized carbons (Fsp3) is 0.378. The first kappa shape index (κ1) is 34.4. The zero-order valence-electron chi connectivity index (χ0n) is 30.0. The minimum absolute atomic E-state index is 0.00320. The molecule has 0 amide bonds. The minimum Gasteiger partial charge on any atom is -0.508 e. The van der Waals surface area contributed by atoms with E-state index in [1.807, 2.05) is 49.5 Å². The van der Waals surface area contributed by atoms with Crippen molar-refractivity contribution in [2.45, 2.75) is 64.8 Å². The summed E-state index contributed by atoms with van der Waals surface area (Å²) in [4.78, 5) is 28.6. The molecular formula is C45H47NO6. The van der Waals surface area contributed by atoms with E-state index in [4.69, 9.17) is 9.47 Å². The Kier molecular flexibility index (Phi) is 9.26. The van der Waals surface area contributed by atoms with Gasteiger partial charge < -0.3 is 25.0 Å². The molecule has 9 rings (SSSR count). The van der Waals surface area contributed by atoms with Crippen molar-refractivity contribution in [2.75, 3.05) is 13.7 Å². The van der Waals surface area contributed by atoms with Crippen LogP contribution in [-0.4, -0.2) is 35.8 Å². The van der Waals surface area contributed by atoms with E-state index in [0.29, 0.717) is 48.5 Å². The smallest absolute Gasteiger partial charge is 0.340 e. The fourth-order valence-electron chi connectivity index (χ4n) is 10.1. The van der Waals surface area contributed by atoms with Gasteiger partial charge in [0.1, 0.15) is 17.3 Å². The van der Waals surface area contributed by atoms with Crippen LogP contribution in [0.3, 0.4) is 0 Å². The molecule has 2 aliphatic heterocycles. The van der Waals surface area contributed by atoms with Crippen LogP contribution in [0.5, 0.6) is 5.75 Å². The Morgan fingerprint density at radius 2 is 1.77 bits per heavy atom. The number of benzene rings is 3. The second-order valence-corrected chi connectivity index (χ2v) is 15.1. The molecule has 2 heterocycles. The van der Waals surface area contributed by atoms with Crippen LogP contribution in [0.4, 0.5) is 0 Å². The van der Waals surface area contributed by atoms with E-state index in [9.17, 15) is 19.8 Å². The molecule has 7 nitrogen and oxygen atoms in total. The third kappa shape index (κ3) is 5.66. The van der Waals surface area contributed by atoms with E-state index in [2.05, 4.69) is 48.6 Å². The van der Waals surface area contributed by atoms with Crippen molar-refractivity contribution in [2.24, 2.45) is 29.1 Å². The van der Waals surface area contributed by atoms with Crippen molar-refractivity contribution in [1.82, 2.24) is 5.32 Å². The molecule has 0 radical (unpaired) electrons. The lowest BCUT2D eigenvalue weighted by molar-refractivity contribution is -0.135. The monoisotopic (exact) mass is 697 g/mol. The molecule has 52 heavy (non-hydrogen) atoms. The molecule has 268 valence electrons. The molecule has 1 saturated heterocycles. The van der Waals surface area contributed by atoms with Crippen LogP contribution >= 0.6 is 0 Å². The maximum atomic E-state index is 14.6. The van der Waals surface area contributed by atoms with Crippen molar-refractivity contribution < 1.29 is 29.3 Å². The molecule has 1 spiro atoms. The number of cyclic esters (lactones) is 2. The maximum Gasteiger partial charge on any atom is 0.340 e. The molecule has 5 atom stereocenters. The summed E-state index contributed by atoms with van der Waals surface area (Å²) in [7, 11) is 1.93. The SMILES string of the molecule is CCC/C=C1\OC(=O)C2=C1CC[C@H]1[C@H]3CC[C@]4(C(=C3c3cc(O)ccc3-c3cccc(CNC)c3)C(=O)O/C4=C\[C@H](CCO)Cc3ccccc3)[C@@H]21. The van der Waals surface area contributed by atoms with Crippen LogP contribution in [0.1, 0.15) is 68.6 Å². The van der Waals surface area contributed by atoms with Gasteiger partial charge in [-0.3, -0.25) is 0 Å². The lowest BCUT2D eigenvalue weighted by Gasteiger charge is -2.56. The molecule has 0 aromatic heterocycles. The number of phenolic OH excluding ortho intramolecular Hbond substituents is 1. The average molecular weight is 698 g/mol. The number of aliphatic hydroxyl groups is 1. The van der Waals surface area contributed by atoms with Crippen LogP contribution in [0.2, 0.25) is 0 Å². The zero-order valence-corrected chi connectivity index (χ0v) is 30.0. The minimum atomic E-state index is -0.882. The largest absolute Gasteiger partial charge is 0.508 e. The molecule has 6 aliphatic rings. The number of ether oxygens (including phenoxy) is 2. The number of phenols is 1. The van der Waals surface area contributed by atoms with Crippen molar-refractivity contribution in [3.8, 4) is 16.9 Å².